The number of hydrogen-bond donors (Lipinski definition) is 1. The minimum atomic E-state index is -0.250. The Bertz CT molecular complexity index is 810. The monoisotopic (exact) mass is 327 g/mol. The Hall–Kier alpha value is -2.47. The number of nitrogens with zero attached hydrogens (tertiary/aromatic N) is 4. The minimum absolute atomic E-state index is 0.250. The molecule has 0 spiro atoms. The maximum Gasteiger partial charge on any atom is 0.157 e. The predicted molar refractivity (Wildman–Crippen MR) is 94.6 cm³/mol. The van der Waals surface area contributed by atoms with E-state index >= 15 is 0 Å². The number of aromatic nitrogens is 3. The highest BCUT2D eigenvalue weighted by Gasteiger charge is 2.13. The van der Waals surface area contributed by atoms with Crippen LogP contribution in [0, 0.1) is 5.82 Å². The molecule has 126 valence electrons. The highest BCUT2D eigenvalue weighted by molar-refractivity contribution is 5.66. The topological polar surface area (TPSA) is 45.5 Å². The van der Waals surface area contributed by atoms with Gasteiger partial charge in [0.15, 0.2) is 5.65 Å². The molecule has 0 radical (unpaired) electrons. The van der Waals surface area contributed by atoms with Crippen molar-refractivity contribution in [1.82, 2.24) is 19.5 Å². The van der Waals surface area contributed by atoms with Gasteiger partial charge in [-0.2, -0.15) is 9.61 Å². The number of likely N-dealkylation sites (N-methyl/N-ethyl adjacent to an activating group) is 1. The van der Waals surface area contributed by atoms with Gasteiger partial charge in [-0.1, -0.05) is 6.92 Å². The van der Waals surface area contributed by atoms with Gasteiger partial charge in [-0.25, -0.2) is 9.37 Å². The van der Waals surface area contributed by atoms with Crippen molar-refractivity contribution < 1.29 is 4.39 Å². The molecule has 0 saturated heterocycles. The average Bonchev–Trinajstić information content (AvgIpc) is 3.03. The Morgan fingerprint density at radius 1 is 1.21 bits per heavy atom. The van der Waals surface area contributed by atoms with Crippen molar-refractivity contribution in [2.24, 2.45) is 0 Å². The number of nitrogens with one attached hydrogen (secondary N) is 1. The molecule has 0 bridgehead atoms. The summed E-state index contributed by atoms with van der Waals surface area (Å²) >= 11 is 0. The van der Waals surface area contributed by atoms with Gasteiger partial charge in [-0.05, 0) is 44.8 Å². The van der Waals surface area contributed by atoms with Crippen LogP contribution in [0.5, 0.6) is 0 Å². The Labute approximate surface area is 141 Å². The third-order valence-corrected chi connectivity index (χ3v) is 3.93. The summed E-state index contributed by atoms with van der Waals surface area (Å²) < 4.78 is 15.0. The van der Waals surface area contributed by atoms with Crippen molar-refractivity contribution in [3.63, 3.8) is 0 Å². The Kier molecular flexibility index (Phi) is 4.76. The first-order valence-corrected chi connectivity index (χ1v) is 8.09. The quantitative estimate of drug-likeness (QED) is 0.755. The summed E-state index contributed by atoms with van der Waals surface area (Å²) in [7, 11) is 4.12. The van der Waals surface area contributed by atoms with Crippen molar-refractivity contribution in [3.8, 4) is 11.3 Å². The molecule has 0 fully saturated rings. The molecule has 6 heteroatoms. The molecule has 0 aliphatic rings. The zero-order valence-corrected chi connectivity index (χ0v) is 14.2. The molecule has 3 aromatic rings. The molecule has 0 amide bonds. The lowest BCUT2D eigenvalue weighted by molar-refractivity contribution is 0.378. The Morgan fingerprint density at radius 2 is 1.96 bits per heavy atom. The lowest BCUT2D eigenvalue weighted by Gasteiger charge is -2.22. The molecular formula is C18H22FN5. The van der Waals surface area contributed by atoms with E-state index in [1.807, 2.05) is 12.1 Å². The number of benzene rings is 1. The maximum absolute atomic E-state index is 13.2. The molecule has 0 unspecified atom stereocenters. The van der Waals surface area contributed by atoms with E-state index in [2.05, 4.69) is 41.3 Å². The summed E-state index contributed by atoms with van der Waals surface area (Å²) in [5.41, 5.74) is 2.44. The van der Waals surface area contributed by atoms with Crippen LogP contribution in [0.1, 0.15) is 13.3 Å². The maximum atomic E-state index is 13.2. The molecule has 3 rings (SSSR count). The van der Waals surface area contributed by atoms with Gasteiger partial charge in [0.25, 0.3) is 0 Å². The van der Waals surface area contributed by atoms with Gasteiger partial charge >= 0.3 is 0 Å². The van der Waals surface area contributed by atoms with Crippen LogP contribution in [-0.4, -0.2) is 46.2 Å². The number of anilines is 1. The van der Waals surface area contributed by atoms with Crippen LogP contribution in [0.4, 0.5) is 10.2 Å². The molecule has 1 atom stereocenters. The van der Waals surface area contributed by atoms with E-state index in [0.29, 0.717) is 6.04 Å². The number of fused-ring (bicyclic) bond motifs is 1. The number of hydrogen-bond acceptors (Lipinski definition) is 4. The molecular weight excluding hydrogens is 305 g/mol. The fourth-order valence-electron chi connectivity index (χ4n) is 2.71. The van der Waals surface area contributed by atoms with Crippen molar-refractivity contribution >= 4 is 11.5 Å². The molecule has 1 aromatic carbocycles. The lowest BCUT2D eigenvalue weighted by atomic mass is 10.1. The van der Waals surface area contributed by atoms with Crippen LogP contribution in [0.25, 0.3) is 16.9 Å². The Morgan fingerprint density at radius 3 is 2.62 bits per heavy atom. The molecule has 2 aromatic heterocycles. The van der Waals surface area contributed by atoms with Crippen LogP contribution in [0.15, 0.2) is 42.6 Å². The van der Waals surface area contributed by atoms with Gasteiger partial charge in [0.05, 0.1) is 11.9 Å². The molecule has 0 aliphatic heterocycles. The van der Waals surface area contributed by atoms with Crippen LogP contribution in [-0.2, 0) is 0 Å². The summed E-state index contributed by atoms with van der Waals surface area (Å²) in [5, 5.41) is 7.91. The summed E-state index contributed by atoms with van der Waals surface area (Å²) in [6.45, 7) is 3.08. The first-order chi connectivity index (χ1) is 11.6. The second-order valence-corrected chi connectivity index (χ2v) is 6.15. The number of rotatable bonds is 6. The SMILES string of the molecule is CC[C@@H](CN(C)C)Nc1cc(-c2ccc(F)cc2)nc2ccnn12. The summed E-state index contributed by atoms with van der Waals surface area (Å²) in [5.74, 6) is 0.637. The molecule has 2 heterocycles. The zero-order valence-electron chi connectivity index (χ0n) is 14.2. The van der Waals surface area contributed by atoms with Gasteiger partial charge in [0.2, 0.25) is 0 Å². The first-order valence-electron chi connectivity index (χ1n) is 8.09. The second kappa shape index (κ2) is 6.97. The predicted octanol–water partition coefficient (Wildman–Crippen LogP) is 3.29. The van der Waals surface area contributed by atoms with Gasteiger partial charge in [0.1, 0.15) is 11.6 Å². The smallest absolute Gasteiger partial charge is 0.157 e. The minimum Gasteiger partial charge on any atom is -0.366 e. The van der Waals surface area contributed by atoms with E-state index in [-0.39, 0.29) is 5.82 Å². The van der Waals surface area contributed by atoms with Crippen molar-refractivity contribution in [3.05, 3.63) is 48.4 Å². The first kappa shape index (κ1) is 16.4. The Balaban J connectivity index is 1.99. The van der Waals surface area contributed by atoms with E-state index in [9.17, 15) is 4.39 Å². The van der Waals surface area contributed by atoms with Gasteiger partial charge in [-0.3, -0.25) is 0 Å². The van der Waals surface area contributed by atoms with E-state index in [1.165, 1.54) is 12.1 Å². The molecule has 24 heavy (non-hydrogen) atoms. The summed E-state index contributed by atoms with van der Waals surface area (Å²) in [6, 6.07) is 10.5. The third kappa shape index (κ3) is 3.54. The fourth-order valence-corrected chi connectivity index (χ4v) is 2.71. The highest BCUT2D eigenvalue weighted by atomic mass is 19.1. The van der Waals surface area contributed by atoms with Crippen molar-refractivity contribution in [2.45, 2.75) is 19.4 Å². The van der Waals surface area contributed by atoms with E-state index in [1.54, 1.807) is 22.8 Å². The average molecular weight is 327 g/mol. The number of halogens is 1. The van der Waals surface area contributed by atoms with Crippen LogP contribution in [0.2, 0.25) is 0 Å². The van der Waals surface area contributed by atoms with E-state index < -0.39 is 0 Å². The molecule has 1 N–H and O–H groups in total. The second-order valence-electron chi connectivity index (χ2n) is 6.15. The van der Waals surface area contributed by atoms with Crippen molar-refractivity contribution in [2.75, 3.05) is 26.0 Å². The van der Waals surface area contributed by atoms with Crippen molar-refractivity contribution in [1.29, 1.82) is 0 Å². The summed E-state index contributed by atoms with van der Waals surface area (Å²) in [4.78, 5) is 6.77. The third-order valence-electron chi connectivity index (χ3n) is 3.93. The standard InChI is InChI=1S/C18H22FN5/c1-4-15(12-23(2)3)21-18-11-16(13-5-7-14(19)8-6-13)22-17-9-10-20-24(17)18/h5-11,15,21H,4,12H2,1-3H3/t15-/m0/s1. The van der Waals surface area contributed by atoms with Crippen LogP contribution in [0.3, 0.4) is 0 Å². The van der Waals surface area contributed by atoms with E-state index in [4.69, 9.17) is 0 Å². The van der Waals surface area contributed by atoms with Gasteiger partial charge in [-0.15, -0.1) is 0 Å². The van der Waals surface area contributed by atoms with Crippen LogP contribution < -0.4 is 5.32 Å². The zero-order chi connectivity index (χ0) is 17.1. The lowest BCUT2D eigenvalue weighted by Crippen LogP contribution is -2.32. The van der Waals surface area contributed by atoms with Crippen LogP contribution >= 0.6 is 0 Å². The molecule has 5 nitrogen and oxygen atoms in total. The summed E-state index contributed by atoms with van der Waals surface area (Å²) in [6.07, 6.45) is 2.73. The molecule has 0 aliphatic carbocycles. The largest absolute Gasteiger partial charge is 0.366 e. The van der Waals surface area contributed by atoms with Gasteiger partial charge < -0.3 is 10.2 Å². The van der Waals surface area contributed by atoms with Gasteiger partial charge in [0, 0.05) is 30.3 Å². The normalized spacial score (nSPS) is 12.7. The highest BCUT2D eigenvalue weighted by Crippen LogP contribution is 2.23. The van der Waals surface area contributed by atoms with E-state index in [0.717, 1.165) is 35.7 Å². The molecule has 0 saturated carbocycles. The fraction of sp³-hybridized carbons (Fsp3) is 0.333.